The zero-order valence-electron chi connectivity index (χ0n) is 17.9. The van der Waals surface area contributed by atoms with E-state index < -0.39 is 5.91 Å². The molecule has 0 atom stereocenters. The van der Waals surface area contributed by atoms with Gasteiger partial charge >= 0.3 is 0 Å². The second-order valence-corrected chi connectivity index (χ2v) is 7.09. The van der Waals surface area contributed by atoms with Gasteiger partial charge in [0.05, 0.1) is 12.8 Å². The number of anilines is 1. The number of nitrogens with one attached hydrogen (secondary N) is 1. The van der Waals surface area contributed by atoms with Gasteiger partial charge in [-0.25, -0.2) is 4.98 Å². The van der Waals surface area contributed by atoms with Crippen LogP contribution in [-0.4, -0.2) is 34.9 Å². The molecule has 2 aromatic carbocycles. The Morgan fingerprint density at radius 2 is 1.91 bits per heavy atom. The van der Waals surface area contributed by atoms with E-state index in [1.54, 1.807) is 36.4 Å². The number of primary amides is 1. The van der Waals surface area contributed by atoms with Crippen molar-refractivity contribution < 1.29 is 23.8 Å². The fourth-order valence-electron chi connectivity index (χ4n) is 3.16. The number of carbonyl (C=O) groups is 2. The maximum Gasteiger partial charge on any atom is 0.255 e. The van der Waals surface area contributed by atoms with Gasteiger partial charge in [-0.15, -0.1) is 0 Å². The van der Waals surface area contributed by atoms with Crippen LogP contribution in [0.1, 0.15) is 16.1 Å². The molecule has 9 nitrogen and oxygen atoms in total. The third-order valence-corrected chi connectivity index (χ3v) is 4.69. The molecule has 0 fully saturated rings. The molecule has 2 aromatic heterocycles. The Labute approximate surface area is 189 Å². The van der Waals surface area contributed by atoms with Crippen LogP contribution in [-0.2, 0) is 11.4 Å². The number of imidazole rings is 1. The first kappa shape index (κ1) is 21.7. The standard InChI is InChI=1S/C24H22N4O5/c1-31-21-11-16(8-9-20(21)33-15-22(25)29)24(30)27-17-5-4-6-19(12-17)32-14-18-13-28-10-3-2-7-23(28)26-18/h2-13H,14-15H2,1H3,(H2,25,29)(H,27,30). The lowest BCUT2D eigenvalue weighted by molar-refractivity contribution is -0.119. The van der Waals surface area contributed by atoms with E-state index in [1.807, 2.05) is 35.0 Å². The summed E-state index contributed by atoms with van der Waals surface area (Å²) in [6.07, 6.45) is 3.83. The first-order valence-corrected chi connectivity index (χ1v) is 10.1. The predicted molar refractivity (Wildman–Crippen MR) is 122 cm³/mol. The summed E-state index contributed by atoms with van der Waals surface area (Å²) >= 11 is 0. The number of rotatable bonds is 9. The molecule has 9 heteroatoms. The average Bonchev–Trinajstić information content (AvgIpc) is 3.24. The van der Waals surface area contributed by atoms with Crippen molar-refractivity contribution in [1.82, 2.24) is 9.38 Å². The Kier molecular flexibility index (Phi) is 6.40. The summed E-state index contributed by atoms with van der Waals surface area (Å²) in [4.78, 5) is 28.1. The molecule has 33 heavy (non-hydrogen) atoms. The van der Waals surface area contributed by atoms with E-state index in [2.05, 4.69) is 10.3 Å². The fourth-order valence-corrected chi connectivity index (χ4v) is 3.16. The zero-order valence-corrected chi connectivity index (χ0v) is 17.9. The number of nitrogens with zero attached hydrogens (tertiary/aromatic N) is 2. The maximum absolute atomic E-state index is 12.7. The minimum Gasteiger partial charge on any atom is -0.493 e. The van der Waals surface area contributed by atoms with Crippen LogP contribution >= 0.6 is 0 Å². The van der Waals surface area contributed by atoms with Gasteiger partial charge in [0.15, 0.2) is 18.1 Å². The lowest BCUT2D eigenvalue weighted by Crippen LogP contribution is -2.20. The van der Waals surface area contributed by atoms with Crippen molar-refractivity contribution >= 4 is 23.1 Å². The quantitative estimate of drug-likeness (QED) is 0.408. The third kappa shape index (κ3) is 5.40. The first-order valence-electron chi connectivity index (χ1n) is 10.1. The smallest absolute Gasteiger partial charge is 0.255 e. The second-order valence-electron chi connectivity index (χ2n) is 7.09. The number of methoxy groups -OCH3 is 1. The molecule has 3 N–H and O–H groups in total. The number of amides is 2. The minimum absolute atomic E-state index is 0.288. The number of nitrogens with two attached hydrogens (primary N) is 1. The molecule has 2 heterocycles. The Morgan fingerprint density at radius 1 is 1.03 bits per heavy atom. The molecule has 0 aliphatic carbocycles. The monoisotopic (exact) mass is 446 g/mol. The zero-order chi connectivity index (χ0) is 23.2. The van der Waals surface area contributed by atoms with Crippen molar-refractivity contribution in [2.45, 2.75) is 6.61 Å². The number of ether oxygens (including phenoxy) is 3. The molecule has 168 valence electrons. The molecule has 0 saturated carbocycles. The number of pyridine rings is 1. The Balaban J connectivity index is 1.41. The molecular formula is C24H22N4O5. The van der Waals surface area contributed by atoms with Gasteiger partial charge in [-0.05, 0) is 42.5 Å². The molecule has 0 radical (unpaired) electrons. The molecular weight excluding hydrogens is 424 g/mol. The summed E-state index contributed by atoms with van der Waals surface area (Å²) in [6.45, 7) is 0.00664. The summed E-state index contributed by atoms with van der Waals surface area (Å²) in [7, 11) is 1.44. The Bertz CT molecular complexity index is 1270. The normalized spacial score (nSPS) is 10.6. The number of hydrogen-bond donors (Lipinski definition) is 2. The van der Waals surface area contributed by atoms with E-state index in [4.69, 9.17) is 19.9 Å². The van der Waals surface area contributed by atoms with Crippen LogP contribution in [0.15, 0.2) is 73.1 Å². The van der Waals surface area contributed by atoms with E-state index in [9.17, 15) is 9.59 Å². The van der Waals surface area contributed by atoms with E-state index in [0.29, 0.717) is 35.1 Å². The van der Waals surface area contributed by atoms with Crippen LogP contribution in [0.4, 0.5) is 5.69 Å². The van der Waals surface area contributed by atoms with Crippen molar-refractivity contribution in [2.24, 2.45) is 5.73 Å². The summed E-state index contributed by atoms with van der Waals surface area (Å²) < 4.78 is 18.3. The highest BCUT2D eigenvalue weighted by atomic mass is 16.5. The molecule has 0 saturated heterocycles. The van der Waals surface area contributed by atoms with Crippen LogP contribution < -0.4 is 25.3 Å². The predicted octanol–water partition coefficient (Wildman–Crippen LogP) is 3.04. The van der Waals surface area contributed by atoms with Crippen molar-refractivity contribution in [2.75, 3.05) is 19.0 Å². The molecule has 0 spiro atoms. The highest BCUT2D eigenvalue weighted by Gasteiger charge is 2.13. The van der Waals surface area contributed by atoms with E-state index >= 15 is 0 Å². The highest BCUT2D eigenvalue weighted by molar-refractivity contribution is 6.04. The van der Waals surface area contributed by atoms with E-state index in [1.165, 1.54) is 13.2 Å². The van der Waals surface area contributed by atoms with Gasteiger partial charge in [0.25, 0.3) is 11.8 Å². The number of benzene rings is 2. The number of hydrogen-bond acceptors (Lipinski definition) is 6. The summed E-state index contributed by atoms with van der Waals surface area (Å²) in [5.41, 5.74) is 7.66. The summed E-state index contributed by atoms with van der Waals surface area (Å²) in [5, 5.41) is 2.83. The third-order valence-electron chi connectivity index (χ3n) is 4.69. The lowest BCUT2D eigenvalue weighted by atomic mass is 10.1. The topological polar surface area (TPSA) is 117 Å². The van der Waals surface area contributed by atoms with Gasteiger partial charge in [-0.3, -0.25) is 9.59 Å². The molecule has 4 rings (SSSR count). The van der Waals surface area contributed by atoms with Gasteiger partial charge in [-0.2, -0.15) is 0 Å². The molecule has 2 amide bonds. The highest BCUT2D eigenvalue weighted by Crippen LogP contribution is 2.28. The van der Waals surface area contributed by atoms with Crippen LogP contribution in [0.5, 0.6) is 17.2 Å². The number of aromatic nitrogens is 2. The van der Waals surface area contributed by atoms with Crippen molar-refractivity contribution in [3.63, 3.8) is 0 Å². The maximum atomic E-state index is 12.7. The number of fused-ring (bicyclic) bond motifs is 1. The fraction of sp³-hybridized carbons (Fsp3) is 0.125. The number of carbonyl (C=O) groups excluding carboxylic acids is 2. The molecule has 0 aliphatic heterocycles. The summed E-state index contributed by atoms with van der Waals surface area (Å²) in [6, 6.07) is 17.5. The van der Waals surface area contributed by atoms with Crippen molar-refractivity contribution in [3.8, 4) is 17.2 Å². The van der Waals surface area contributed by atoms with Crippen LogP contribution in [0.2, 0.25) is 0 Å². The molecule has 0 bridgehead atoms. The lowest BCUT2D eigenvalue weighted by Gasteiger charge is -2.12. The van der Waals surface area contributed by atoms with Crippen LogP contribution in [0.25, 0.3) is 5.65 Å². The van der Waals surface area contributed by atoms with Crippen molar-refractivity contribution in [3.05, 3.63) is 84.3 Å². The van der Waals surface area contributed by atoms with Gasteiger partial charge in [0, 0.05) is 29.7 Å². The second kappa shape index (κ2) is 9.73. The van der Waals surface area contributed by atoms with Crippen LogP contribution in [0.3, 0.4) is 0 Å². The van der Waals surface area contributed by atoms with Gasteiger partial charge in [0.1, 0.15) is 18.0 Å². The molecule has 0 aliphatic rings. The van der Waals surface area contributed by atoms with Crippen molar-refractivity contribution in [1.29, 1.82) is 0 Å². The van der Waals surface area contributed by atoms with Gasteiger partial charge in [0.2, 0.25) is 0 Å². The minimum atomic E-state index is -0.609. The molecule has 4 aromatic rings. The van der Waals surface area contributed by atoms with Gasteiger partial charge in [-0.1, -0.05) is 12.1 Å². The van der Waals surface area contributed by atoms with Crippen LogP contribution in [0, 0.1) is 0 Å². The van der Waals surface area contributed by atoms with Gasteiger partial charge < -0.3 is 29.7 Å². The average molecular weight is 446 g/mol. The van der Waals surface area contributed by atoms with E-state index in [0.717, 1.165) is 11.3 Å². The Hall–Kier alpha value is -4.53. The first-order chi connectivity index (χ1) is 16.0. The Morgan fingerprint density at radius 3 is 2.70 bits per heavy atom. The largest absolute Gasteiger partial charge is 0.493 e. The summed E-state index contributed by atoms with van der Waals surface area (Å²) in [5.74, 6) is 0.274. The molecule has 0 unspecified atom stereocenters. The van der Waals surface area contributed by atoms with E-state index in [-0.39, 0.29) is 12.5 Å². The SMILES string of the molecule is COc1cc(C(=O)Nc2cccc(OCc3cn4ccccc4n3)c2)ccc1OCC(N)=O.